The molecule has 24 heavy (non-hydrogen) atoms. The van der Waals surface area contributed by atoms with Crippen LogP contribution in [0.1, 0.15) is 5.56 Å². The zero-order chi connectivity index (χ0) is 17.4. The first-order valence-electron chi connectivity index (χ1n) is 7.15. The van der Waals surface area contributed by atoms with Crippen LogP contribution in [0.2, 0.25) is 10.0 Å². The van der Waals surface area contributed by atoms with Gasteiger partial charge in [0.25, 0.3) is 0 Å². The average Bonchev–Trinajstić information content (AvgIpc) is 2.58. The first kappa shape index (κ1) is 19.1. The lowest BCUT2D eigenvalue weighted by molar-refractivity contribution is 0.398. The van der Waals surface area contributed by atoms with Gasteiger partial charge >= 0.3 is 0 Å². The van der Waals surface area contributed by atoms with Gasteiger partial charge in [0.05, 0.1) is 29.0 Å². The lowest BCUT2D eigenvalue weighted by Gasteiger charge is -2.10. The third-order valence-corrected chi connectivity index (χ3v) is 5.00. The lowest BCUT2D eigenvalue weighted by atomic mass is 10.2. The van der Waals surface area contributed by atoms with Gasteiger partial charge < -0.3 is 15.4 Å². The summed E-state index contributed by atoms with van der Waals surface area (Å²) in [6.07, 6.45) is 1.67. The highest BCUT2D eigenvalue weighted by molar-refractivity contribution is 7.98. The molecule has 4 nitrogen and oxygen atoms in total. The summed E-state index contributed by atoms with van der Waals surface area (Å²) in [7, 11) is 1.58. The van der Waals surface area contributed by atoms with E-state index >= 15 is 0 Å². The van der Waals surface area contributed by atoms with E-state index in [9.17, 15) is 0 Å². The molecular formula is C16H17Cl2N3OS2. The maximum Gasteiger partial charge on any atom is 0.213 e. The standard InChI is InChI=1S/C16H17Cl2N3OS2/c1-22-15-5-3-12(9-20-15)21-16(23)19-6-7-24-10-11-2-4-13(17)14(18)8-11/h2-5,8-9H,6-7,10H2,1H3,(H2,19,21,23). The van der Waals surface area contributed by atoms with Crippen molar-refractivity contribution in [3.8, 4) is 5.88 Å². The van der Waals surface area contributed by atoms with E-state index in [1.807, 2.05) is 24.3 Å². The minimum absolute atomic E-state index is 0.567. The normalized spacial score (nSPS) is 10.3. The molecule has 8 heteroatoms. The van der Waals surface area contributed by atoms with E-state index < -0.39 is 0 Å². The molecule has 2 N–H and O–H groups in total. The van der Waals surface area contributed by atoms with Gasteiger partial charge in [-0.1, -0.05) is 29.3 Å². The van der Waals surface area contributed by atoms with Crippen molar-refractivity contribution >= 4 is 58.0 Å². The second-order valence-corrected chi connectivity index (χ2v) is 7.10. The number of pyridine rings is 1. The van der Waals surface area contributed by atoms with Crippen LogP contribution in [0.25, 0.3) is 0 Å². The van der Waals surface area contributed by atoms with Gasteiger partial charge in [-0.05, 0) is 36.0 Å². The van der Waals surface area contributed by atoms with Crippen molar-refractivity contribution in [2.45, 2.75) is 5.75 Å². The quantitative estimate of drug-likeness (QED) is 0.521. The number of hydrogen-bond donors (Lipinski definition) is 2. The Kier molecular flexibility index (Phi) is 7.91. The molecule has 0 spiro atoms. The number of methoxy groups -OCH3 is 1. The Hall–Kier alpha value is -1.21. The number of aromatic nitrogens is 1. The van der Waals surface area contributed by atoms with Crippen molar-refractivity contribution in [2.75, 3.05) is 24.7 Å². The van der Waals surface area contributed by atoms with Crippen LogP contribution in [0, 0.1) is 0 Å². The molecule has 0 fully saturated rings. The highest BCUT2D eigenvalue weighted by atomic mass is 35.5. The number of benzene rings is 1. The van der Waals surface area contributed by atoms with Gasteiger partial charge in [-0.25, -0.2) is 4.98 Å². The molecule has 0 unspecified atom stereocenters. The van der Waals surface area contributed by atoms with Gasteiger partial charge in [0.2, 0.25) is 5.88 Å². The lowest BCUT2D eigenvalue weighted by Crippen LogP contribution is -2.30. The third-order valence-electron chi connectivity index (χ3n) is 2.99. The van der Waals surface area contributed by atoms with E-state index in [2.05, 4.69) is 15.6 Å². The predicted molar refractivity (Wildman–Crippen MR) is 108 cm³/mol. The monoisotopic (exact) mass is 401 g/mol. The van der Waals surface area contributed by atoms with Crippen molar-refractivity contribution in [3.63, 3.8) is 0 Å². The molecule has 0 bridgehead atoms. The second-order valence-electron chi connectivity index (χ2n) is 4.77. The Labute approximate surface area is 161 Å². The fraction of sp³-hybridized carbons (Fsp3) is 0.250. The van der Waals surface area contributed by atoms with Crippen LogP contribution in [0.5, 0.6) is 5.88 Å². The molecule has 0 saturated heterocycles. The van der Waals surface area contributed by atoms with Gasteiger partial charge in [-0.15, -0.1) is 0 Å². The number of nitrogens with zero attached hydrogens (tertiary/aromatic N) is 1. The van der Waals surface area contributed by atoms with Crippen LogP contribution in [-0.4, -0.2) is 29.5 Å². The van der Waals surface area contributed by atoms with Gasteiger partial charge in [0.15, 0.2) is 5.11 Å². The van der Waals surface area contributed by atoms with E-state index in [1.165, 1.54) is 0 Å². The summed E-state index contributed by atoms with van der Waals surface area (Å²) < 4.78 is 5.01. The SMILES string of the molecule is COc1ccc(NC(=S)NCCSCc2ccc(Cl)c(Cl)c2)cn1. The smallest absolute Gasteiger partial charge is 0.213 e. The molecule has 2 aromatic rings. The summed E-state index contributed by atoms with van der Waals surface area (Å²) in [5.74, 6) is 2.36. The van der Waals surface area contributed by atoms with Crippen molar-refractivity contribution in [1.82, 2.24) is 10.3 Å². The fourth-order valence-electron chi connectivity index (χ4n) is 1.81. The van der Waals surface area contributed by atoms with Crippen molar-refractivity contribution in [1.29, 1.82) is 0 Å². The topological polar surface area (TPSA) is 46.2 Å². The molecule has 0 aliphatic carbocycles. The summed E-state index contributed by atoms with van der Waals surface area (Å²) >= 11 is 18.9. The molecular weight excluding hydrogens is 385 g/mol. The molecule has 1 heterocycles. The van der Waals surface area contributed by atoms with Crippen LogP contribution in [0.15, 0.2) is 36.5 Å². The molecule has 128 valence electrons. The number of thiocarbonyl (C=S) groups is 1. The summed E-state index contributed by atoms with van der Waals surface area (Å²) in [6.45, 7) is 0.765. The third kappa shape index (κ3) is 6.36. The maximum absolute atomic E-state index is 6.00. The summed E-state index contributed by atoms with van der Waals surface area (Å²) in [5.41, 5.74) is 1.97. The summed E-state index contributed by atoms with van der Waals surface area (Å²) in [5, 5.41) is 7.97. The largest absolute Gasteiger partial charge is 0.481 e. The van der Waals surface area contributed by atoms with Crippen LogP contribution in [0.3, 0.4) is 0 Å². The van der Waals surface area contributed by atoms with Crippen LogP contribution in [-0.2, 0) is 5.75 Å². The highest BCUT2D eigenvalue weighted by Gasteiger charge is 2.01. The molecule has 1 aromatic carbocycles. The second kappa shape index (κ2) is 9.93. The molecule has 0 radical (unpaired) electrons. The molecule has 0 aliphatic rings. The Balaban J connectivity index is 1.64. The molecule has 2 rings (SSSR count). The Bertz CT molecular complexity index is 684. The molecule has 0 saturated carbocycles. The van der Waals surface area contributed by atoms with Crippen molar-refractivity contribution < 1.29 is 4.74 Å². The zero-order valence-corrected chi connectivity index (χ0v) is 16.2. The van der Waals surface area contributed by atoms with E-state index in [-0.39, 0.29) is 0 Å². The minimum Gasteiger partial charge on any atom is -0.481 e. The maximum atomic E-state index is 6.00. The summed E-state index contributed by atoms with van der Waals surface area (Å²) in [6, 6.07) is 9.33. The van der Waals surface area contributed by atoms with Gasteiger partial charge in [0.1, 0.15) is 0 Å². The molecule has 1 aromatic heterocycles. The number of halogens is 2. The number of ether oxygens (including phenoxy) is 1. The number of thioether (sulfide) groups is 1. The van der Waals surface area contributed by atoms with Crippen LogP contribution < -0.4 is 15.4 Å². The predicted octanol–water partition coefficient (Wildman–Crippen LogP) is 4.62. The summed E-state index contributed by atoms with van der Waals surface area (Å²) in [4.78, 5) is 4.11. The van der Waals surface area contributed by atoms with E-state index in [1.54, 1.807) is 31.1 Å². The van der Waals surface area contributed by atoms with Gasteiger partial charge in [-0.3, -0.25) is 0 Å². The number of rotatable bonds is 7. The molecule has 0 aliphatic heterocycles. The zero-order valence-electron chi connectivity index (χ0n) is 13.0. The molecule has 0 atom stereocenters. The van der Waals surface area contributed by atoms with E-state index in [4.69, 9.17) is 40.2 Å². The first-order valence-corrected chi connectivity index (χ1v) is 9.47. The first-order chi connectivity index (χ1) is 11.6. The number of anilines is 1. The van der Waals surface area contributed by atoms with Crippen molar-refractivity contribution in [2.24, 2.45) is 0 Å². The Morgan fingerprint density at radius 2 is 2.08 bits per heavy atom. The van der Waals surface area contributed by atoms with Gasteiger partial charge in [-0.2, -0.15) is 11.8 Å². The van der Waals surface area contributed by atoms with Crippen LogP contribution >= 0.6 is 47.2 Å². The number of nitrogens with one attached hydrogen (secondary N) is 2. The van der Waals surface area contributed by atoms with E-state index in [0.29, 0.717) is 21.0 Å². The van der Waals surface area contributed by atoms with Gasteiger partial charge in [0, 0.05) is 24.1 Å². The van der Waals surface area contributed by atoms with Crippen molar-refractivity contribution in [3.05, 3.63) is 52.1 Å². The highest BCUT2D eigenvalue weighted by Crippen LogP contribution is 2.24. The average molecular weight is 402 g/mol. The number of hydrogen-bond acceptors (Lipinski definition) is 4. The van der Waals surface area contributed by atoms with Crippen LogP contribution in [0.4, 0.5) is 5.69 Å². The Morgan fingerprint density at radius 1 is 1.25 bits per heavy atom. The molecule has 0 amide bonds. The van der Waals surface area contributed by atoms with E-state index in [0.717, 1.165) is 29.3 Å². The minimum atomic E-state index is 0.567. The Morgan fingerprint density at radius 3 is 2.75 bits per heavy atom. The fourth-order valence-corrected chi connectivity index (χ4v) is 3.15.